The van der Waals surface area contributed by atoms with Crippen LogP contribution in [0, 0.1) is 6.92 Å². The van der Waals surface area contributed by atoms with Gasteiger partial charge in [-0.25, -0.2) is 0 Å². The summed E-state index contributed by atoms with van der Waals surface area (Å²) in [4.78, 5) is 14.2. The van der Waals surface area contributed by atoms with Crippen molar-refractivity contribution in [1.82, 2.24) is 4.98 Å². The lowest BCUT2D eigenvalue weighted by Gasteiger charge is -2.03. The number of carbonyl (C=O) groups excluding carboxylic acids is 1. The van der Waals surface area contributed by atoms with Crippen LogP contribution in [0.5, 0.6) is 0 Å². The molecule has 0 saturated heterocycles. The van der Waals surface area contributed by atoms with E-state index in [1.165, 1.54) is 0 Å². The van der Waals surface area contributed by atoms with Gasteiger partial charge in [-0.3, -0.25) is 4.98 Å². The minimum absolute atomic E-state index is 0.226. The van der Waals surface area contributed by atoms with Crippen molar-refractivity contribution in [2.45, 2.75) is 11.8 Å². The van der Waals surface area contributed by atoms with Crippen molar-refractivity contribution in [3.8, 4) is 0 Å². The van der Waals surface area contributed by atoms with Gasteiger partial charge in [0.1, 0.15) is 6.29 Å². The van der Waals surface area contributed by atoms with Crippen LogP contribution < -0.4 is 0 Å². The summed E-state index contributed by atoms with van der Waals surface area (Å²) in [7, 11) is 0. The summed E-state index contributed by atoms with van der Waals surface area (Å²) in [6.07, 6.45) is 2.56. The molecule has 0 aliphatic rings. The van der Waals surface area contributed by atoms with Crippen molar-refractivity contribution in [2.24, 2.45) is 0 Å². The number of halogens is 1. The molecule has 2 nitrogen and oxygen atoms in total. The first kappa shape index (κ1) is 8.40. The molecule has 11 heavy (non-hydrogen) atoms. The van der Waals surface area contributed by atoms with Gasteiger partial charge in [-0.05, 0) is 18.6 Å². The second-order valence-corrected chi connectivity index (χ2v) is 3.20. The number of hydrogen-bond donors (Lipinski definition) is 0. The first-order valence-corrected chi connectivity index (χ1v) is 4.18. The Morgan fingerprint density at radius 1 is 1.73 bits per heavy atom. The Labute approximate surface area is 73.8 Å². The minimum Gasteiger partial charge on any atom is -0.302 e. The molecule has 3 heteroatoms. The maximum Gasteiger partial charge on any atom is 0.138 e. The highest BCUT2D eigenvalue weighted by molar-refractivity contribution is 9.09. The molecule has 1 rings (SSSR count). The number of rotatable bonds is 2. The number of alkyl halides is 1. The number of aryl methyl sites for hydroxylation is 1. The van der Waals surface area contributed by atoms with E-state index in [1.54, 1.807) is 6.20 Å². The molecule has 0 bridgehead atoms. The summed E-state index contributed by atoms with van der Waals surface area (Å²) in [5, 5.41) is 0. The van der Waals surface area contributed by atoms with Gasteiger partial charge in [0.25, 0.3) is 0 Å². The van der Waals surface area contributed by atoms with Crippen LogP contribution in [-0.2, 0) is 4.79 Å². The van der Waals surface area contributed by atoms with Crippen molar-refractivity contribution in [3.63, 3.8) is 0 Å². The second-order valence-electron chi connectivity index (χ2n) is 2.22. The zero-order valence-corrected chi connectivity index (χ0v) is 7.71. The first-order valence-electron chi connectivity index (χ1n) is 3.26. The predicted molar refractivity (Wildman–Crippen MR) is 46.7 cm³/mol. The molecule has 1 aromatic rings. The van der Waals surface area contributed by atoms with Crippen LogP contribution in [0.1, 0.15) is 16.1 Å². The standard InChI is InChI=1S/C8H8BrNO/c1-6-7(8(9)5-11)3-2-4-10-6/h2-5,8H,1H3. The third-order valence-electron chi connectivity index (χ3n) is 1.46. The molecule has 0 N–H and O–H groups in total. The van der Waals surface area contributed by atoms with Crippen LogP contribution in [0.4, 0.5) is 0 Å². The SMILES string of the molecule is Cc1ncccc1C(Br)C=O. The average molecular weight is 214 g/mol. The third-order valence-corrected chi connectivity index (χ3v) is 2.17. The lowest BCUT2D eigenvalue weighted by Crippen LogP contribution is -1.95. The highest BCUT2D eigenvalue weighted by Crippen LogP contribution is 2.21. The Morgan fingerprint density at radius 2 is 2.45 bits per heavy atom. The van der Waals surface area contributed by atoms with Gasteiger partial charge in [-0.1, -0.05) is 22.0 Å². The molecular formula is C8H8BrNO. The van der Waals surface area contributed by atoms with Gasteiger partial charge in [-0.2, -0.15) is 0 Å². The summed E-state index contributed by atoms with van der Waals surface area (Å²) in [6, 6.07) is 3.70. The molecule has 0 radical (unpaired) electrons. The Balaban J connectivity index is 3.02. The van der Waals surface area contributed by atoms with E-state index in [4.69, 9.17) is 0 Å². The molecule has 0 spiro atoms. The fraction of sp³-hybridized carbons (Fsp3) is 0.250. The molecule has 1 atom stereocenters. The largest absolute Gasteiger partial charge is 0.302 e. The molecule has 0 fully saturated rings. The van der Waals surface area contributed by atoms with Crippen LogP contribution in [0.2, 0.25) is 0 Å². The van der Waals surface area contributed by atoms with Crippen LogP contribution in [0.15, 0.2) is 18.3 Å². The van der Waals surface area contributed by atoms with E-state index in [0.717, 1.165) is 17.5 Å². The second kappa shape index (κ2) is 3.62. The summed E-state index contributed by atoms with van der Waals surface area (Å²) in [5.74, 6) is 0. The normalized spacial score (nSPS) is 12.5. The lowest BCUT2D eigenvalue weighted by atomic mass is 10.1. The molecule has 0 saturated carbocycles. The van der Waals surface area contributed by atoms with Gasteiger partial charge < -0.3 is 4.79 Å². The van der Waals surface area contributed by atoms with E-state index in [0.29, 0.717) is 0 Å². The number of carbonyl (C=O) groups is 1. The summed E-state index contributed by atoms with van der Waals surface area (Å²) < 4.78 is 0. The Hall–Kier alpha value is -0.700. The highest BCUT2D eigenvalue weighted by Gasteiger charge is 2.07. The Bertz CT molecular complexity index is 262. The predicted octanol–water partition coefficient (Wildman–Crippen LogP) is 2.02. The van der Waals surface area contributed by atoms with Crippen molar-refractivity contribution in [2.75, 3.05) is 0 Å². The monoisotopic (exact) mass is 213 g/mol. The average Bonchev–Trinajstić information content (AvgIpc) is 2.04. The number of aromatic nitrogens is 1. The van der Waals surface area contributed by atoms with Crippen molar-refractivity contribution in [3.05, 3.63) is 29.6 Å². The Kier molecular flexibility index (Phi) is 2.76. The number of aldehydes is 1. The van der Waals surface area contributed by atoms with E-state index in [9.17, 15) is 4.79 Å². The maximum absolute atomic E-state index is 10.4. The van der Waals surface area contributed by atoms with Crippen LogP contribution >= 0.6 is 15.9 Å². The van der Waals surface area contributed by atoms with E-state index in [-0.39, 0.29) is 4.83 Å². The summed E-state index contributed by atoms with van der Waals surface area (Å²) in [5.41, 5.74) is 1.82. The quantitative estimate of drug-likeness (QED) is 0.556. The molecule has 0 aliphatic heterocycles. The van der Waals surface area contributed by atoms with E-state index in [1.807, 2.05) is 19.1 Å². The van der Waals surface area contributed by atoms with Crippen LogP contribution in [-0.4, -0.2) is 11.3 Å². The van der Waals surface area contributed by atoms with Gasteiger partial charge in [0.15, 0.2) is 0 Å². The summed E-state index contributed by atoms with van der Waals surface area (Å²) in [6.45, 7) is 1.88. The lowest BCUT2D eigenvalue weighted by molar-refractivity contribution is -0.107. The van der Waals surface area contributed by atoms with E-state index >= 15 is 0 Å². The minimum atomic E-state index is -0.226. The molecule has 0 amide bonds. The fourth-order valence-electron chi connectivity index (χ4n) is 0.861. The van der Waals surface area contributed by atoms with Crippen LogP contribution in [0.25, 0.3) is 0 Å². The fourth-order valence-corrected chi connectivity index (χ4v) is 1.35. The summed E-state index contributed by atoms with van der Waals surface area (Å²) >= 11 is 3.23. The van der Waals surface area contributed by atoms with Crippen LogP contribution in [0.3, 0.4) is 0 Å². The number of pyridine rings is 1. The zero-order valence-electron chi connectivity index (χ0n) is 6.12. The molecule has 1 unspecified atom stereocenters. The van der Waals surface area contributed by atoms with Crippen molar-refractivity contribution < 1.29 is 4.79 Å². The number of hydrogen-bond acceptors (Lipinski definition) is 2. The van der Waals surface area contributed by atoms with Gasteiger partial charge >= 0.3 is 0 Å². The molecule has 0 aliphatic carbocycles. The van der Waals surface area contributed by atoms with Gasteiger partial charge in [-0.15, -0.1) is 0 Å². The topological polar surface area (TPSA) is 30.0 Å². The van der Waals surface area contributed by atoms with E-state index < -0.39 is 0 Å². The maximum atomic E-state index is 10.4. The van der Waals surface area contributed by atoms with Gasteiger partial charge in [0.2, 0.25) is 0 Å². The molecule has 1 aromatic heterocycles. The molecule has 0 aromatic carbocycles. The highest BCUT2D eigenvalue weighted by atomic mass is 79.9. The third kappa shape index (κ3) is 1.87. The Morgan fingerprint density at radius 3 is 3.00 bits per heavy atom. The van der Waals surface area contributed by atoms with Gasteiger partial charge in [0, 0.05) is 11.9 Å². The smallest absolute Gasteiger partial charge is 0.138 e. The number of nitrogens with zero attached hydrogens (tertiary/aromatic N) is 1. The molecular weight excluding hydrogens is 206 g/mol. The molecule has 58 valence electrons. The zero-order chi connectivity index (χ0) is 8.27. The van der Waals surface area contributed by atoms with Gasteiger partial charge in [0.05, 0.1) is 4.83 Å². The first-order chi connectivity index (χ1) is 5.25. The van der Waals surface area contributed by atoms with Crippen molar-refractivity contribution >= 4 is 22.2 Å². The van der Waals surface area contributed by atoms with Crippen molar-refractivity contribution in [1.29, 1.82) is 0 Å². The van der Waals surface area contributed by atoms with E-state index in [2.05, 4.69) is 20.9 Å². The molecule has 1 heterocycles.